The van der Waals surface area contributed by atoms with Crippen molar-refractivity contribution >= 4 is 0 Å². The van der Waals surface area contributed by atoms with Crippen LogP contribution in [0.4, 0.5) is 8.78 Å². The third kappa shape index (κ3) is 3.30. The lowest BCUT2D eigenvalue weighted by molar-refractivity contribution is 0.174. The number of benzene rings is 2. The topological polar surface area (TPSA) is 20.2 Å². The van der Waals surface area contributed by atoms with Crippen LogP contribution in [-0.4, -0.2) is 11.2 Å². The van der Waals surface area contributed by atoms with Gasteiger partial charge in [0.05, 0.1) is 6.10 Å². The summed E-state index contributed by atoms with van der Waals surface area (Å²) in [4.78, 5) is 0. The van der Waals surface area contributed by atoms with E-state index in [-0.39, 0.29) is 6.42 Å². The lowest BCUT2D eigenvalue weighted by atomic mass is 9.98. The van der Waals surface area contributed by atoms with Crippen LogP contribution in [0.1, 0.15) is 28.7 Å². The molecular formula is C18H18F2O. The Hall–Kier alpha value is -1.74. The van der Waals surface area contributed by atoms with Crippen molar-refractivity contribution < 1.29 is 13.9 Å². The molecule has 1 unspecified atom stereocenters. The molecule has 1 N–H and O–H groups in total. The molecule has 1 aliphatic carbocycles. The summed E-state index contributed by atoms with van der Waals surface area (Å²) in [5, 5.41) is 10.1. The Morgan fingerprint density at radius 2 is 1.76 bits per heavy atom. The van der Waals surface area contributed by atoms with Crippen molar-refractivity contribution in [3.05, 3.63) is 70.3 Å². The minimum atomic E-state index is -0.663. The van der Waals surface area contributed by atoms with Crippen LogP contribution in [0.25, 0.3) is 0 Å². The molecule has 1 atom stereocenters. The Bertz CT molecular complexity index is 652. The molecule has 0 radical (unpaired) electrons. The van der Waals surface area contributed by atoms with Crippen molar-refractivity contribution in [2.75, 3.05) is 0 Å². The van der Waals surface area contributed by atoms with Gasteiger partial charge in [-0.15, -0.1) is 0 Å². The second kappa shape index (κ2) is 5.94. The Balaban J connectivity index is 1.67. The molecule has 0 aromatic heterocycles. The van der Waals surface area contributed by atoms with Crippen molar-refractivity contribution in [3.8, 4) is 0 Å². The van der Waals surface area contributed by atoms with Crippen LogP contribution < -0.4 is 0 Å². The van der Waals surface area contributed by atoms with Gasteiger partial charge in [0.2, 0.25) is 0 Å². The zero-order valence-electron chi connectivity index (χ0n) is 11.8. The molecule has 3 rings (SSSR count). The maximum atomic E-state index is 13.6. The van der Waals surface area contributed by atoms with Gasteiger partial charge in [-0.3, -0.25) is 0 Å². The van der Waals surface area contributed by atoms with E-state index in [4.69, 9.17) is 0 Å². The van der Waals surface area contributed by atoms with Gasteiger partial charge in [0.15, 0.2) is 0 Å². The molecule has 2 aromatic carbocycles. The van der Waals surface area contributed by atoms with E-state index in [0.717, 1.165) is 24.5 Å². The number of aliphatic hydroxyl groups is 1. The van der Waals surface area contributed by atoms with Gasteiger partial charge in [0.1, 0.15) is 11.6 Å². The predicted molar refractivity (Wildman–Crippen MR) is 78.2 cm³/mol. The average molecular weight is 288 g/mol. The van der Waals surface area contributed by atoms with E-state index in [2.05, 4.69) is 12.1 Å². The van der Waals surface area contributed by atoms with Crippen molar-refractivity contribution in [1.82, 2.24) is 0 Å². The fourth-order valence-corrected chi connectivity index (χ4v) is 3.04. The summed E-state index contributed by atoms with van der Waals surface area (Å²) in [6.45, 7) is 0. The molecule has 0 amide bonds. The molecule has 1 nitrogen and oxygen atoms in total. The van der Waals surface area contributed by atoms with Crippen LogP contribution in [0.5, 0.6) is 0 Å². The second-order valence-corrected chi connectivity index (χ2v) is 5.75. The average Bonchev–Trinajstić information content (AvgIpc) is 2.89. The van der Waals surface area contributed by atoms with E-state index >= 15 is 0 Å². The highest BCUT2D eigenvalue weighted by atomic mass is 19.1. The number of hydrogen-bond acceptors (Lipinski definition) is 1. The van der Waals surface area contributed by atoms with Crippen LogP contribution >= 0.6 is 0 Å². The molecule has 21 heavy (non-hydrogen) atoms. The van der Waals surface area contributed by atoms with Gasteiger partial charge in [-0.2, -0.15) is 0 Å². The molecule has 110 valence electrons. The zero-order chi connectivity index (χ0) is 14.8. The zero-order valence-corrected chi connectivity index (χ0v) is 11.8. The van der Waals surface area contributed by atoms with Crippen molar-refractivity contribution in [3.63, 3.8) is 0 Å². The Labute approximate surface area is 123 Å². The smallest absolute Gasteiger partial charge is 0.129 e. The highest BCUT2D eigenvalue weighted by Crippen LogP contribution is 2.23. The summed E-state index contributed by atoms with van der Waals surface area (Å²) in [5.74, 6) is -1.19. The largest absolute Gasteiger partial charge is 0.392 e. The maximum Gasteiger partial charge on any atom is 0.129 e. The molecule has 0 spiro atoms. The molecule has 3 heteroatoms. The Kier molecular flexibility index (Phi) is 4.02. The van der Waals surface area contributed by atoms with Crippen molar-refractivity contribution in [1.29, 1.82) is 0 Å². The highest BCUT2D eigenvalue weighted by molar-refractivity contribution is 5.35. The number of halogens is 2. The standard InChI is InChI=1S/C18H18F2O/c19-16-7-6-15(18(20)11-16)10-17(21)9-12-4-5-13-2-1-3-14(13)8-12/h4-8,11,17,21H,1-3,9-10H2. The number of rotatable bonds is 4. The summed E-state index contributed by atoms with van der Waals surface area (Å²) in [7, 11) is 0. The Morgan fingerprint density at radius 3 is 2.57 bits per heavy atom. The maximum absolute atomic E-state index is 13.6. The first-order valence-corrected chi connectivity index (χ1v) is 7.34. The minimum absolute atomic E-state index is 0.198. The van der Waals surface area contributed by atoms with Gasteiger partial charge in [-0.1, -0.05) is 24.3 Å². The first-order valence-electron chi connectivity index (χ1n) is 7.34. The molecule has 0 fully saturated rings. The lowest BCUT2D eigenvalue weighted by Crippen LogP contribution is -2.15. The fraction of sp³-hybridized carbons (Fsp3) is 0.333. The van der Waals surface area contributed by atoms with Crippen LogP contribution in [-0.2, 0) is 25.7 Å². The molecule has 0 heterocycles. The van der Waals surface area contributed by atoms with Crippen LogP contribution in [0, 0.1) is 11.6 Å². The van der Waals surface area contributed by atoms with E-state index in [1.54, 1.807) is 0 Å². The van der Waals surface area contributed by atoms with E-state index < -0.39 is 17.7 Å². The summed E-state index contributed by atoms with van der Waals surface area (Å²) < 4.78 is 26.4. The normalized spacial score (nSPS) is 15.0. The van der Waals surface area contributed by atoms with Gasteiger partial charge in [-0.25, -0.2) is 8.78 Å². The number of aliphatic hydroxyl groups excluding tert-OH is 1. The van der Waals surface area contributed by atoms with E-state index in [1.165, 1.54) is 29.7 Å². The molecule has 0 aliphatic heterocycles. The van der Waals surface area contributed by atoms with Crippen molar-refractivity contribution in [2.24, 2.45) is 0 Å². The second-order valence-electron chi connectivity index (χ2n) is 5.75. The number of aryl methyl sites for hydroxylation is 2. The molecule has 0 saturated heterocycles. The number of hydrogen-bond donors (Lipinski definition) is 1. The van der Waals surface area contributed by atoms with Crippen LogP contribution in [0.3, 0.4) is 0 Å². The van der Waals surface area contributed by atoms with Crippen LogP contribution in [0.2, 0.25) is 0 Å². The van der Waals surface area contributed by atoms with Crippen LogP contribution in [0.15, 0.2) is 36.4 Å². The monoisotopic (exact) mass is 288 g/mol. The third-order valence-corrected chi connectivity index (χ3v) is 4.10. The molecule has 2 aromatic rings. The molecule has 1 aliphatic rings. The summed E-state index contributed by atoms with van der Waals surface area (Å²) in [6, 6.07) is 9.79. The minimum Gasteiger partial charge on any atom is -0.392 e. The molecule has 0 bridgehead atoms. The van der Waals surface area contributed by atoms with Gasteiger partial charge >= 0.3 is 0 Å². The van der Waals surface area contributed by atoms with Gasteiger partial charge < -0.3 is 5.11 Å². The van der Waals surface area contributed by atoms with E-state index in [1.807, 2.05) is 6.07 Å². The summed E-state index contributed by atoms with van der Waals surface area (Å²) in [6.07, 6.45) is 3.46. The highest BCUT2D eigenvalue weighted by Gasteiger charge is 2.14. The van der Waals surface area contributed by atoms with E-state index in [0.29, 0.717) is 12.0 Å². The fourth-order valence-electron chi connectivity index (χ4n) is 3.04. The lowest BCUT2D eigenvalue weighted by Gasteiger charge is -2.12. The van der Waals surface area contributed by atoms with Gasteiger partial charge in [0, 0.05) is 12.5 Å². The first kappa shape index (κ1) is 14.2. The molecule has 0 saturated carbocycles. The third-order valence-electron chi connectivity index (χ3n) is 4.10. The summed E-state index contributed by atoms with van der Waals surface area (Å²) >= 11 is 0. The van der Waals surface area contributed by atoms with Gasteiger partial charge in [0.25, 0.3) is 0 Å². The Morgan fingerprint density at radius 1 is 0.952 bits per heavy atom. The number of fused-ring (bicyclic) bond motifs is 1. The quantitative estimate of drug-likeness (QED) is 0.911. The predicted octanol–water partition coefficient (Wildman–Crippen LogP) is 3.60. The SMILES string of the molecule is OC(Cc1ccc2c(c1)CCC2)Cc1ccc(F)cc1F. The van der Waals surface area contributed by atoms with Crippen molar-refractivity contribution in [2.45, 2.75) is 38.2 Å². The first-order chi connectivity index (χ1) is 10.1. The van der Waals surface area contributed by atoms with E-state index in [9.17, 15) is 13.9 Å². The summed E-state index contributed by atoms with van der Waals surface area (Å²) in [5.41, 5.74) is 4.20. The van der Waals surface area contributed by atoms with Gasteiger partial charge in [-0.05, 0) is 54.0 Å². The molecular weight excluding hydrogens is 270 g/mol.